The summed E-state index contributed by atoms with van der Waals surface area (Å²) in [7, 11) is 0. The van der Waals surface area contributed by atoms with Crippen molar-refractivity contribution in [3.63, 3.8) is 0 Å². The first-order valence-electron chi connectivity index (χ1n) is 5.67. The number of nitrogens with one attached hydrogen (secondary N) is 1. The number of amides is 1. The zero-order chi connectivity index (χ0) is 11.4. The quantitative estimate of drug-likeness (QED) is 0.703. The van der Waals surface area contributed by atoms with Crippen LogP contribution in [-0.2, 0) is 4.79 Å². The molecule has 88 valence electrons. The molecule has 1 fully saturated rings. The first-order valence-corrected chi connectivity index (χ1v) is 5.67. The maximum Gasteiger partial charge on any atom is 0.234 e. The van der Waals surface area contributed by atoms with Crippen molar-refractivity contribution in [2.45, 2.75) is 39.3 Å². The van der Waals surface area contributed by atoms with Gasteiger partial charge < -0.3 is 10.4 Å². The van der Waals surface area contributed by atoms with Gasteiger partial charge in [0.15, 0.2) is 0 Å². The molecule has 2 unspecified atom stereocenters. The summed E-state index contributed by atoms with van der Waals surface area (Å²) < 4.78 is 0. The highest BCUT2D eigenvalue weighted by atomic mass is 16.3. The van der Waals surface area contributed by atoms with Gasteiger partial charge in [0, 0.05) is 19.1 Å². The van der Waals surface area contributed by atoms with Gasteiger partial charge in [0.25, 0.3) is 0 Å². The van der Waals surface area contributed by atoms with Crippen molar-refractivity contribution in [2.75, 3.05) is 19.6 Å². The molecule has 0 bridgehead atoms. The van der Waals surface area contributed by atoms with Crippen molar-refractivity contribution in [1.29, 1.82) is 0 Å². The number of carbonyl (C=O) groups excluding carboxylic acids is 1. The van der Waals surface area contributed by atoms with Crippen LogP contribution in [-0.4, -0.2) is 47.7 Å². The van der Waals surface area contributed by atoms with Gasteiger partial charge in [-0.25, -0.2) is 0 Å². The Labute approximate surface area is 91.6 Å². The van der Waals surface area contributed by atoms with E-state index < -0.39 is 0 Å². The third-order valence-corrected chi connectivity index (χ3v) is 2.49. The average molecular weight is 214 g/mol. The lowest BCUT2D eigenvalue weighted by atomic mass is 10.0. The van der Waals surface area contributed by atoms with Crippen molar-refractivity contribution in [1.82, 2.24) is 10.2 Å². The number of aliphatic hydroxyl groups excluding tert-OH is 1. The molecule has 1 amide bonds. The van der Waals surface area contributed by atoms with Gasteiger partial charge in [-0.1, -0.05) is 13.8 Å². The molecule has 0 aromatic carbocycles. The maximum atomic E-state index is 11.4. The predicted molar refractivity (Wildman–Crippen MR) is 59.5 cm³/mol. The van der Waals surface area contributed by atoms with Crippen LogP contribution < -0.4 is 5.32 Å². The molecule has 15 heavy (non-hydrogen) atoms. The number of hydrogen-bond donors (Lipinski definition) is 2. The maximum absolute atomic E-state index is 11.4. The molecular weight excluding hydrogens is 192 g/mol. The lowest BCUT2D eigenvalue weighted by Gasteiger charge is -2.34. The van der Waals surface area contributed by atoms with Gasteiger partial charge >= 0.3 is 0 Å². The Morgan fingerprint density at radius 3 is 2.73 bits per heavy atom. The molecule has 0 aromatic rings. The van der Waals surface area contributed by atoms with E-state index in [1.54, 1.807) is 6.92 Å². The predicted octanol–water partition coefficient (Wildman–Crippen LogP) is 0.214. The van der Waals surface area contributed by atoms with Crippen molar-refractivity contribution >= 4 is 5.91 Å². The molecule has 0 spiro atoms. The number of nitrogens with zero attached hydrogens (tertiary/aromatic N) is 1. The number of piperazine rings is 1. The Balaban J connectivity index is 2.44. The summed E-state index contributed by atoms with van der Waals surface area (Å²) in [4.78, 5) is 13.4. The Bertz CT molecular complexity index is 197. The van der Waals surface area contributed by atoms with Crippen LogP contribution >= 0.6 is 0 Å². The van der Waals surface area contributed by atoms with Gasteiger partial charge in [-0.3, -0.25) is 9.69 Å². The molecule has 1 rings (SSSR count). The summed E-state index contributed by atoms with van der Waals surface area (Å²) in [5.74, 6) is 0.661. The molecule has 4 heteroatoms. The summed E-state index contributed by atoms with van der Waals surface area (Å²) in [5, 5.41) is 12.3. The number of carbonyl (C=O) groups is 1. The molecule has 0 aliphatic carbocycles. The molecule has 0 aromatic heterocycles. The first-order chi connectivity index (χ1) is 6.97. The van der Waals surface area contributed by atoms with Crippen molar-refractivity contribution in [2.24, 2.45) is 5.92 Å². The Morgan fingerprint density at radius 1 is 1.53 bits per heavy atom. The van der Waals surface area contributed by atoms with Crippen LogP contribution in [0.5, 0.6) is 0 Å². The van der Waals surface area contributed by atoms with E-state index in [1.807, 2.05) is 4.90 Å². The van der Waals surface area contributed by atoms with Gasteiger partial charge in [0.2, 0.25) is 5.91 Å². The average Bonchev–Trinajstić information content (AvgIpc) is 1.98. The highest BCUT2D eigenvalue weighted by Crippen LogP contribution is 2.10. The van der Waals surface area contributed by atoms with Gasteiger partial charge in [-0.2, -0.15) is 0 Å². The molecule has 1 saturated heterocycles. The fraction of sp³-hybridized carbons (Fsp3) is 0.909. The van der Waals surface area contributed by atoms with Crippen LogP contribution in [0.1, 0.15) is 27.2 Å². The monoisotopic (exact) mass is 214 g/mol. The molecule has 4 nitrogen and oxygen atoms in total. The van der Waals surface area contributed by atoms with Gasteiger partial charge in [-0.15, -0.1) is 0 Å². The minimum atomic E-state index is -0.365. The Hall–Kier alpha value is -0.610. The summed E-state index contributed by atoms with van der Waals surface area (Å²) in [6, 6.07) is 0.241. The minimum absolute atomic E-state index is 0.0764. The number of rotatable bonds is 4. The molecule has 0 radical (unpaired) electrons. The Morgan fingerprint density at radius 2 is 2.20 bits per heavy atom. The van der Waals surface area contributed by atoms with Crippen LogP contribution in [0.3, 0.4) is 0 Å². The van der Waals surface area contributed by atoms with Gasteiger partial charge in [-0.05, 0) is 19.3 Å². The van der Waals surface area contributed by atoms with Gasteiger partial charge in [0.1, 0.15) is 0 Å². The number of β-amino-alcohol motifs (C(OH)–C–C–N with tert-alkyl or cyclic N) is 1. The van der Waals surface area contributed by atoms with Crippen LogP contribution in [0.2, 0.25) is 0 Å². The van der Waals surface area contributed by atoms with E-state index in [9.17, 15) is 9.90 Å². The molecule has 1 heterocycles. The fourth-order valence-corrected chi connectivity index (χ4v) is 2.11. The van der Waals surface area contributed by atoms with E-state index in [1.165, 1.54) is 0 Å². The Kier molecular flexibility index (Phi) is 4.54. The summed E-state index contributed by atoms with van der Waals surface area (Å²) in [6.45, 7) is 7.92. The third-order valence-electron chi connectivity index (χ3n) is 2.49. The van der Waals surface area contributed by atoms with E-state index in [-0.39, 0.29) is 18.1 Å². The van der Waals surface area contributed by atoms with Crippen LogP contribution in [0, 0.1) is 5.92 Å². The topological polar surface area (TPSA) is 52.6 Å². The SMILES string of the molecule is CC(C)CC1CN(CC(C)O)CC(=O)N1. The standard InChI is InChI=1S/C11H22N2O2/c1-8(2)4-10-6-13(5-9(3)14)7-11(15)12-10/h8-10,14H,4-7H2,1-3H3,(H,12,15). The number of aliphatic hydroxyl groups is 1. The smallest absolute Gasteiger partial charge is 0.234 e. The number of hydrogen-bond acceptors (Lipinski definition) is 3. The summed E-state index contributed by atoms with van der Waals surface area (Å²) in [6.07, 6.45) is 0.637. The lowest BCUT2D eigenvalue weighted by molar-refractivity contribution is -0.126. The summed E-state index contributed by atoms with van der Waals surface area (Å²) in [5.41, 5.74) is 0. The van der Waals surface area contributed by atoms with Crippen molar-refractivity contribution in [3.8, 4) is 0 Å². The first kappa shape index (κ1) is 12.5. The highest BCUT2D eigenvalue weighted by Gasteiger charge is 2.25. The van der Waals surface area contributed by atoms with Crippen LogP contribution in [0.15, 0.2) is 0 Å². The highest BCUT2D eigenvalue weighted by molar-refractivity contribution is 5.79. The molecule has 0 saturated carbocycles. The molecule has 1 aliphatic heterocycles. The van der Waals surface area contributed by atoms with E-state index in [0.717, 1.165) is 13.0 Å². The molecule has 2 N–H and O–H groups in total. The van der Waals surface area contributed by atoms with Crippen molar-refractivity contribution in [3.05, 3.63) is 0 Å². The van der Waals surface area contributed by atoms with Crippen LogP contribution in [0.25, 0.3) is 0 Å². The minimum Gasteiger partial charge on any atom is -0.392 e. The zero-order valence-electron chi connectivity index (χ0n) is 9.86. The lowest BCUT2D eigenvalue weighted by Crippen LogP contribution is -2.55. The van der Waals surface area contributed by atoms with Gasteiger partial charge in [0.05, 0.1) is 12.6 Å². The third kappa shape index (κ3) is 4.62. The normalized spacial score (nSPS) is 25.4. The molecular formula is C11H22N2O2. The fourth-order valence-electron chi connectivity index (χ4n) is 2.11. The summed E-state index contributed by atoms with van der Waals surface area (Å²) >= 11 is 0. The largest absolute Gasteiger partial charge is 0.392 e. The van der Waals surface area contributed by atoms with E-state index >= 15 is 0 Å². The van der Waals surface area contributed by atoms with Crippen LogP contribution in [0.4, 0.5) is 0 Å². The second-order valence-electron chi connectivity index (χ2n) is 4.94. The second-order valence-corrected chi connectivity index (χ2v) is 4.94. The zero-order valence-corrected chi connectivity index (χ0v) is 9.86. The van der Waals surface area contributed by atoms with E-state index in [4.69, 9.17) is 0 Å². The van der Waals surface area contributed by atoms with E-state index in [0.29, 0.717) is 19.0 Å². The molecule has 2 atom stereocenters. The van der Waals surface area contributed by atoms with E-state index in [2.05, 4.69) is 19.2 Å². The van der Waals surface area contributed by atoms with Crippen molar-refractivity contribution < 1.29 is 9.90 Å². The molecule has 1 aliphatic rings. The second kappa shape index (κ2) is 5.47.